The van der Waals surface area contributed by atoms with Gasteiger partial charge >= 0.3 is 0 Å². The number of nitrogens with one attached hydrogen (secondary N) is 2. The molecule has 2 N–H and O–H groups in total. The minimum atomic E-state index is -0.391. The van der Waals surface area contributed by atoms with E-state index in [1.54, 1.807) is 18.2 Å². The van der Waals surface area contributed by atoms with E-state index < -0.39 is 5.91 Å². The van der Waals surface area contributed by atoms with Crippen LogP contribution < -0.4 is 20.8 Å². The fourth-order valence-corrected chi connectivity index (χ4v) is 6.15. The largest absolute Gasteiger partial charge is 0.494 e. The lowest BCUT2D eigenvalue weighted by molar-refractivity contribution is -0.140. The molecule has 2 heterocycles. The van der Waals surface area contributed by atoms with Crippen LogP contribution in [-0.2, 0) is 4.79 Å². The van der Waals surface area contributed by atoms with Crippen LogP contribution in [0.3, 0.4) is 0 Å². The molecule has 2 aromatic rings. The molecule has 1 aromatic carbocycles. The molecule has 1 saturated heterocycles. The highest BCUT2D eigenvalue weighted by atomic mass is 16.5. The van der Waals surface area contributed by atoms with Crippen LogP contribution in [0.5, 0.6) is 5.75 Å². The van der Waals surface area contributed by atoms with Gasteiger partial charge in [-0.2, -0.15) is 0 Å². The Balaban J connectivity index is 1.28. The van der Waals surface area contributed by atoms with Crippen molar-refractivity contribution in [2.75, 3.05) is 32.8 Å². The van der Waals surface area contributed by atoms with Crippen LogP contribution in [0.4, 0.5) is 0 Å². The number of carbonyl (C=O) groups excluding carboxylic acids is 2. The van der Waals surface area contributed by atoms with E-state index in [2.05, 4.69) is 15.5 Å². The number of ether oxygens (including phenoxy) is 1. The van der Waals surface area contributed by atoms with Crippen molar-refractivity contribution < 1.29 is 18.7 Å². The zero-order valence-corrected chi connectivity index (χ0v) is 23.1. The Kier molecular flexibility index (Phi) is 9.47. The Labute approximate surface area is 225 Å². The number of fused-ring (bicyclic) bond motifs is 1. The van der Waals surface area contributed by atoms with Crippen molar-refractivity contribution in [3.05, 3.63) is 40.2 Å². The molecule has 8 heteroatoms. The lowest BCUT2D eigenvalue weighted by Crippen LogP contribution is -2.54. The average Bonchev–Trinajstić information content (AvgIpc) is 2.92. The molecule has 0 unspecified atom stereocenters. The average molecular weight is 526 g/mol. The van der Waals surface area contributed by atoms with Crippen LogP contribution in [0, 0.1) is 11.3 Å². The van der Waals surface area contributed by atoms with Crippen LogP contribution in [0.15, 0.2) is 33.5 Å². The summed E-state index contributed by atoms with van der Waals surface area (Å²) in [7, 11) is 0. The van der Waals surface area contributed by atoms with Crippen molar-refractivity contribution in [3.8, 4) is 5.75 Å². The van der Waals surface area contributed by atoms with Gasteiger partial charge in [0.15, 0.2) is 11.2 Å². The van der Waals surface area contributed by atoms with Crippen LogP contribution in [0.1, 0.15) is 82.7 Å². The zero-order chi connectivity index (χ0) is 27.1. The van der Waals surface area contributed by atoms with Gasteiger partial charge in [-0.25, -0.2) is 0 Å². The third kappa shape index (κ3) is 6.57. The first-order chi connectivity index (χ1) is 18.3. The fourth-order valence-electron chi connectivity index (χ4n) is 6.15. The third-order valence-corrected chi connectivity index (χ3v) is 8.18. The predicted molar refractivity (Wildman–Crippen MR) is 149 cm³/mol. The number of hydrogen-bond acceptors (Lipinski definition) is 6. The first-order valence-corrected chi connectivity index (χ1v) is 14.3. The number of benzene rings is 1. The first-order valence-electron chi connectivity index (χ1n) is 14.3. The quantitative estimate of drug-likeness (QED) is 0.443. The van der Waals surface area contributed by atoms with Gasteiger partial charge in [-0.05, 0) is 96.6 Å². The van der Waals surface area contributed by atoms with Crippen LogP contribution in [-0.4, -0.2) is 55.5 Å². The van der Waals surface area contributed by atoms with Crippen LogP contribution >= 0.6 is 0 Å². The number of carbonyl (C=O) groups is 2. The summed E-state index contributed by atoms with van der Waals surface area (Å²) in [6.45, 7) is 9.61. The summed E-state index contributed by atoms with van der Waals surface area (Å²) in [5.41, 5.74) is -0.150. The summed E-state index contributed by atoms with van der Waals surface area (Å²) < 4.78 is 11.1. The summed E-state index contributed by atoms with van der Waals surface area (Å²) in [5, 5.41) is 6.50. The van der Waals surface area contributed by atoms with E-state index in [1.165, 1.54) is 25.3 Å². The smallest absolute Gasteiger partial charge is 0.287 e. The zero-order valence-electron chi connectivity index (χ0n) is 23.1. The summed E-state index contributed by atoms with van der Waals surface area (Å²) in [5.74, 6) is 0.950. The molecule has 0 spiro atoms. The Hall–Kier alpha value is -2.87. The lowest BCUT2D eigenvalue weighted by atomic mass is 9.63. The van der Waals surface area contributed by atoms with Gasteiger partial charge in [-0.15, -0.1) is 0 Å². The molecule has 2 fully saturated rings. The molecular weight excluding hydrogens is 482 g/mol. The van der Waals surface area contributed by atoms with Gasteiger partial charge in [0.05, 0.1) is 17.4 Å². The second kappa shape index (κ2) is 12.8. The monoisotopic (exact) mass is 525 g/mol. The van der Waals surface area contributed by atoms with Gasteiger partial charge in [-0.3, -0.25) is 14.4 Å². The summed E-state index contributed by atoms with van der Waals surface area (Å²) in [4.78, 5) is 40.9. The van der Waals surface area contributed by atoms with Crippen molar-refractivity contribution in [1.82, 2.24) is 15.5 Å². The molecule has 1 aliphatic heterocycles. The second-order valence-electron chi connectivity index (χ2n) is 11.1. The highest BCUT2D eigenvalue weighted by Gasteiger charge is 2.47. The number of rotatable bonds is 10. The van der Waals surface area contributed by atoms with Crippen molar-refractivity contribution in [2.24, 2.45) is 11.3 Å². The lowest BCUT2D eigenvalue weighted by Gasteiger charge is -2.47. The molecule has 2 amide bonds. The Morgan fingerprint density at radius 1 is 1.13 bits per heavy atom. The van der Waals surface area contributed by atoms with E-state index in [4.69, 9.17) is 9.15 Å². The van der Waals surface area contributed by atoms with Gasteiger partial charge in [0.2, 0.25) is 5.91 Å². The van der Waals surface area contributed by atoms with Crippen molar-refractivity contribution >= 4 is 22.8 Å². The Morgan fingerprint density at radius 3 is 2.55 bits per heavy atom. The van der Waals surface area contributed by atoms with Gasteiger partial charge in [0, 0.05) is 18.7 Å². The number of nitrogens with zero attached hydrogens (tertiary/aromatic N) is 1. The predicted octanol–water partition coefficient (Wildman–Crippen LogP) is 4.50. The first kappa shape index (κ1) is 28.1. The van der Waals surface area contributed by atoms with E-state index in [-0.39, 0.29) is 28.6 Å². The van der Waals surface area contributed by atoms with Gasteiger partial charge < -0.3 is 24.7 Å². The number of likely N-dealkylation sites (tertiary alicyclic amines) is 1. The molecule has 1 aromatic heterocycles. The molecule has 1 saturated carbocycles. The highest BCUT2D eigenvalue weighted by Crippen LogP contribution is 2.46. The molecule has 0 atom stereocenters. The van der Waals surface area contributed by atoms with Crippen LogP contribution in [0.2, 0.25) is 0 Å². The Morgan fingerprint density at radius 2 is 1.87 bits per heavy atom. The van der Waals surface area contributed by atoms with E-state index in [1.807, 2.05) is 20.8 Å². The minimum absolute atomic E-state index is 0.0121. The molecule has 8 nitrogen and oxygen atoms in total. The summed E-state index contributed by atoms with van der Waals surface area (Å²) in [6.07, 6.45) is 8.66. The molecule has 2 aliphatic rings. The SMILES string of the molecule is CCOc1ccc2oc(C(=O)NCCCN3CCC(C(=O)NC(C)C)(C4CCCCC4)CC3)cc(=O)c2c1. The number of hydrogen-bond donors (Lipinski definition) is 2. The Bertz CT molecular complexity index is 1160. The van der Waals surface area contributed by atoms with E-state index in [9.17, 15) is 14.4 Å². The fraction of sp³-hybridized carbons (Fsp3) is 0.633. The summed E-state index contributed by atoms with van der Waals surface area (Å²) >= 11 is 0. The maximum absolute atomic E-state index is 13.3. The summed E-state index contributed by atoms with van der Waals surface area (Å²) in [6, 6.07) is 6.42. The molecule has 0 radical (unpaired) electrons. The van der Waals surface area contributed by atoms with Gasteiger partial charge in [0.1, 0.15) is 11.3 Å². The molecule has 1 aliphatic carbocycles. The maximum Gasteiger partial charge on any atom is 0.287 e. The highest BCUT2D eigenvalue weighted by molar-refractivity contribution is 5.93. The molecule has 4 rings (SSSR count). The molecule has 208 valence electrons. The third-order valence-electron chi connectivity index (χ3n) is 8.18. The van der Waals surface area contributed by atoms with E-state index in [0.29, 0.717) is 35.8 Å². The van der Waals surface area contributed by atoms with E-state index >= 15 is 0 Å². The van der Waals surface area contributed by atoms with Crippen LogP contribution in [0.25, 0.3) is 11.0 Å². The normalized spacial score (nSPS) is 18.4. The molecule has 38 heavy (non-hydrogen) atoms. The van der Waals surface area contributed by atoms with Crippen molar-refractivity contribution in [3.63, 3.8) is 0 Å². The van der Waals surface area contributed by atoms with Gasteiger partial charge in [0.25, 0.3) is 5.91 Å². The van der Waals surface area contributed by atoms with E-state index in [0.717, 1.165) is 51.7 Å². The van der Waals surface area contributed by atoms with Gasteiger partial charge in [-0.1, -0.05) is 19.3 Å². The second-order valence-corrected chi connectivity index (χ2v) is 11.1. The van der Waals surface area contributed by atoms with Crippen molar-refractivity contribution in [2.45, 2.75) is 78.2 Å². The maximum atomic E-state index is 13.3. The standard InChI is InChI=1S/C30H43N3O5/c1-4-37-23-11-12-26-24(19-23)25(34)20-27(38-26)28(35)31-15-8-16-33-17-13-30(14-18-33,29(36)32-21(2)3)22-9-6-5-7-10-22/h11-12,19-22H,4-10,13-18H2,1-3H3,(H,31,35)(H,32,36). The number of amides is 2. The minimum Gasteiger partial charge on any atom is -0.494 e. The topological polar surface area (TPSA) is 101 Å². The molecule has 0 bridgehead atoms. The van der Waals surface area contributed by atoms with Crippen molar-refractivity contribution in [1.29, 1.82) is 0 Å². The molecular formula is C30H43N3O5. The number of piperidine rings is 1.